The molecule has 0 saturated heterocycles. The van der Waals surface area contributed by atoms with Crippen LogP contribution in [0.4, 0.5) is 0 Å². The zero-order valence-electron chi connectivity index (χ0n) is 9.37. The first-order chi connectivity index (χ1) is 7.76. The van der Waals surface area contributed by atoms with E-state index in [4.69, 9.17) is 5.73 Å². The Labute approximate surface area is 95.1 Å². The summed E-state index contributed by atoms with van der Waals surface area (Å²) in [5.74, 6) is 0. The molecule has 0 unspecified atom stereocenters. The molecule has 2 heterocycles. The van der Waals surface area contributed by atoms with E-state index in [1.165, 1.54) is 41.4 Å². The molecule has 0 radical (unpaired) electrons. The van der Waals surface area contributed by atoms with E-state index in [1.807, 2.05) is 0 Å². The van der Waals surface area contributed by atoms with Crippen molar-refractivity contribution in [2.75, 3.05) is 0 Å². The highest BCUT2D eigenvalue weighted by atomic mass is 15.0. The van der Waals surface area contributed by atoms with E-state index >= 15 is 0 Å². The summed E-state index contributed by atoms with van der Waals surface area (Å²) in [6.45, 7) is 1.17. The Kier molecular flexibility index (Phi) is 1.48. The van der Waals surface area contributed by atoms with Gasteiger partial charge in [-0.1, -0.05) is 6.07 Å². The molecule has 82 valence electrons. The number of rotatable bonds is 1. The van der Waals surface area contributed by atoms with Gasteiger partial charge in [-0.3, -0.25) is 0 Å². The summed E-state index contributed by atoms with van der Waals surface area (Å²) in [6.07, 6.45) is 6.99. The highest BCUT2D eigenvalue weighted by molar-refractivity contribution is 5.85. The monoisotopic (exact) mass is 212 g/mol. The SMILES string of the molecule is NC1(c2cc3c4c(ccn4CCC3)c2)CC1. The minimum atomic E-state index is 0.00420. The smallest absolute Gasteiger partial charge is 0.0513 e. The Balaban J connectivity index is 2.02. The van der Waals surface area contributed by atoms with Gasteiger partial charge < -0.3 is 10.3 Å². The van der Waals surface area contributed by atoms with Crippen molar-refractivity contribution < 1.29 is 0 Å². The molecule has 0 atom stereocenters. The van der Waals surface area contributed by atoms with Crippen LogP contribution in [0.15, 0.2) is 24.4 Å². The first-order valence-electron chi connectivity index (χ1n) is 6.17. The molecule has 0 amide bonds. The molecular weight excluding hydrogens is 196 g/mol. The third kappa shape index (κ3) is 1.05. The lowest BCUT2D eigenvalue weighted by molar-refractivity contribution is 0.633. The molecule has 4 rings (SSSR count). The zero-order chi connectivity index (χ0) is 10.8. The Morgan fingerprint density at radius 2 is 2.12 bits per heavy atom. The van der Waals surface area contributed by atoms with Gasteiger partial charge in [0.2, 0.25) is 0 Å². The van der Waals surface area contributed by atoms with Crippen LogP contribution >= 0.6 is 0 Å². The Bertz CT molecular complexity index is 576. The van der Waals surface area contributed by atoms with Gasteiger partial charge in [-0.15, -0.1) is 0 Å². The normalized spacial score (nSPS) is 21.3. The van der Waals surface area contributed by atoms with Crippen LogP contribution in [-0.4, -0.2) is 4.57 Å². The van der Waals surface area contributed by atoms with Crippen LogP contribution in [0.1, 0.15) is 30.4 Å². The average molecular weight is 212 g/mol. The molecule has 2 aliphatic rings. The minimum Gasteiger partial charge on any atom is -0.347 e. The molecule has 1 aromatic heterocycles. The highest BCUT2D eigenvalue weighted by Gasteiger charge is 2.40. The molecule has 1 aromatic carbocycles. The summed E-state index contributed by atoms with van der Waals surface area (Å²) in [7, 11) is 0. The number of hydrogen-bond donors (Lipinski definition) is 1. The van der Waals surface area contributed by atoms with Crippen molar-refractivity contribution in [3.63, 3.8) is 0 Å². The molecule has 0 spiro atoms. The van der Waals surface area contributed by atoms with E-state index in [2.05, 4.69) is 29.0 Å². The lowest BCUT2D eigenvalue weighted by Crippen LogP contribution is -2.19. The van der Waals surface area contributed by atoms with Gasteiger partial charge in [-0.05, 0) is 48.9 Å². The number of aryl methyl sites for hydroxylation is 2. The minimum absolute atomic E-state index is 0.00420. The van der Waals surface area contributed by atoms with E-state index in [1.54, 1.807) is 0 Å². The lowest BCUT2D eigenvalue weighted by Gasteiger charge is -2.18. The molecule has 1 fully saturated rings. The van der Waals surface area contributed by atoms with E-state index in [9.17, 15) is 0 Å². The largest absolute Gasteiger partial charge is 0.347 e. The molecular formula is C14H16N2. The van der Waals surface area contributed by atoms with Crippen molar-refractivity contribution in [3.05, 3.63) is 35.5 Å². The van der Waals surface area contributed by atoms with E-state index < -0.39 is 0 Å². The molecule has 1 aliphatic heterocycles. The highest BCUT2D eigenvalue weighted by Crippen LogP contribution is 2.44. The molecule has 16 heavy (non-hydrogen) atoms. The van der Waals surface area contributed by atoms with E-state index in [-0.39, 0.29) is 5.54 Å². The fourth-order valence-corrected chi connectivity index (χ4v) is 2.97. The van der Waals surface area contributed by atoms with E-state index in [0.29, 0.717) is 0 Å². The van der Waals surface area contributed by atoms with Crippen LogP contribution in [0.3, 0.4) is 0 Å². The van der Waals surface area contributed by atoms with Crippen molar-refractivity contribution >= 4 is 10.9 Å². The Hall–Kier alpha value is -1.28. The fourth-order valence-electron chi connectivity index (χ4n) is 2.97. The molecule has 1 aliphatic carbocycles. The standard InChI is InChI=1S/C14H16N2/c15-14(4-5-14)12-8-10-2-1-6-16-7-3-11(9-12)13(10)16/h3,7-9H,1-2,4-6,15H2. The van der Waals surface area contributed by atoms with Crippen molar-refractivity contribution in [3.8, 4) is 0 Å². The second-order valence-corrected chi connectivity index (χ2v) is 5.34. The van der Waals surface area contributed by atoms with Gasteiger partial charge in [0.1, 0.15) is 0 Å². The molecule has 1 saturated carbocycles. The summed E-state index contributed by atoms with van der Waals surface area (Å²) < 4.78 is 2.38. The summed E-state index contributed by atoms with van der Waals surface area (Å²) in [4.78, 5) is 0. The number of nitrogens with zero attached hydrogens (tertiary/aromatic N) is 1. The Morgan fingerprint density at radius 1 is 1.25 bits per heavy atom. The predicted molar refractivity (Wildman–Crippen MR) is 65.4 cm³/mol. The first-order valence-corrected chi connectivity index (χ1v) is 6.17. The quantitative estimate of drug-likeness (QED) is 0.773. The van der Waals surface area contributed by atoms with Crippen LogP contribution in [0.5, 0.6) is 0 Å². The fraction of sp³-hybridized carbons (Fsp3) is 0.429. The zero-order valence-corrected chi connectivity index (χ0v) is 9.37. The van der Waals surface area contributed by atoms with Crippen LogP contribution in [0.25, 0.3) is 10.9 Å². The van der Waals surface area contributed by atoms with Crippen molar-refractivity contribution in [2.45, 2.75) is 37.8 Å². The van der Waals surface area contributed by atoms with Gasteiger partial charge in [-0.25, -0.2) is 0 Å². The van der Waals surface area contributed by atoms with Gasteiger partial charge in [0.25, 0.3) is 0 Å². The van der Waals surface area contributed by atoms with Gasteiger partial charge >= 0.3 is 0 Å². The van der Waals surface area contributed by atoms with Gasteiger partial charge in [0, 0.05) is 23.7 Å². The number of benzene rings is 1. The van der Waals surface area contributed by atoms with E-state index in [0.717, 1.165) is 12.8 Å². The summed E-state index contributed by atoms with van der Waals surface area (Å²) in [5.41, 5.74) is 10.6. The third-order valence-electron chi connectivity index (χ3n) is 4.15. The molecule has 0 bridgehead atoms. The second-order valence-electron chi connectivity index (χ2n) is 5.34. The summed E-state index contributed by atoms with van der Waals surface area (Å²) in [6, 6.07) is 6.89. The topological polar surface area (TPSA) is 30.9 Å². The van der Waals surface area contributed by atoms with Crippen molar-refractivity contribution in [1.82, 2.24) is 4.57 Å². The lowest BCUT2D eigenvalue weighted by atomic mass is 9.96. The maximum Gasteiger partial charge on any atom is 0.0513 e. The van der Waals surface area contributed by atoms with Crippen LogP contribution in [-0.2, 0) is 18.5 Å². The van der Waals surface area contributed by atoms with Crippen molar-refractivity contribution in [1.29, 1.82) is 0 Å². The van der Waals surface area contributed by atoms with Gasteiger partial charge in [-0.2, -0.15) is 0 Å². The van der Waals surface area contributed by atoms with Crippen molar-refractivity contribution in [2.24, 2.45) is 5.73 Å². The molecule has 2 N–H and O–H groups in total. The van der Waals surface area contributed by atoms with Crippen LogP contribution in [0.2, 0.25) is 0 Å². The maximum absolute atomic E-state index is 6.30. The van der Waals surface area contributed by atoms with Gasteiger partial charge in [0.05, 0.1) is 5.52 Å². The summed E-state index contributed by atoms with van der Waals surface area (Å²) >= 11 is 0. The Morgan fingerprint density at radius 3 is 2.94 bits per heavy atom. The molecule has 2 nitrogen and oxygen atoms in total. The first kappa shape index (κ1) is 8.82. The van der Waals surface area contributed by atoms with Crippen LogP contribution < -0.4 is 5.73 Å². The maximum atomic E-state index is 6.30. The predicted octanol–water partition coefficient (Wildman–Crippen LogP) is 2.54. The second kappa shape index (κ2) is 2.69. The molecule has 2 aromatic rings. The average Bonchev–Trinajstić information content (AvgIpc) is 2.91. The molecule has 2 heteroatoms. The number of nitrogens with two attached hydrogens (primary N) is 1. The summed E-state index contributed by atoms with van der Waals surface area (Å²) in [5, 5.41) is 1.38. The van der Waals surface area contributed by atoms with Gasteiger partial charge in [0.15, 0.2) is 0 Å². The number of aromatic nitrogens is 1. The number of hydrogen-bond acceptors (Lipinski definition) is 1. The van der Waals surface area contributed by atoms with Crippen LogP contribution in [0, 0.1) is 0 Å². The third-order valence-corrected chi connectivity index (χ3v) is 4.15.